The van der Waals surface area contributed by atoms with Gasteiger partial charge in [0.1, 0.15) is 18.4 Å². The fourth-order valence-electron chi connectivity index (χ4n) is 2.94. The number of anilines is 1. The standard InChI is InChI=1S/C21H25ClFN3O4S/c1-14-5-7-16(8-6-14)12-25(15(2)21(28)24-3)20(27)13-26(31(4,29)30)17-9-10-19(23)18(22)11-17/h5-11,15H,12-13H2,1-4H3,(H,24,28). The molecule has 2 amide bonds. The second-order valence-electron chi connectivity index (χ2n) is 7.17. The van der Waals surface area contributed by atoms with Gasteiger partial charge in [-0.3, -0.25) is 13.9 Å². The lowest BCUT2D eigenvalue weighted by atomic mass is 10.1. The lowest BCUT2D eigenvalue weighted by Crippen LogP contribution is -2.50. The molecule has 2 rings (SSSR count). The van der Waals surface area contributed by atoms with Gasteiger partial charge in [0.2, 0.25) is 21.8 Å². The molecule has 2 aromatic rings. The van der Waals surface area contributed by atoms with Gasteiger partial charge in [0.25, 0.3) is 0 Å². The fraction of sp³-hybridized carbons (Fsp3) is 0.333. The first kappa shape index (κ1) is 24.6. The monoisotopic (exact) mass is 469 g/mol. The summed E-state index contributed by atoms with van der Waals surface area (Å²) in [4.78, 5) is 26.7. The summed E-state index contributed by atoms with van der Waals surface area (Å²) in [6.07, 6.45) is 0.935. The van der Waals surface area contributed by atoms with Crippen LogP contribution < -0.4 is 9.62 Å². The minimum absolute atomic E-state index is 0.0464. The van der Waals surface area contributed by atoms with Crippen LogP contribution in [0.3, 0.4) is 0 Å². The SMILES string of the molecule is CNC(=O)C(C)N(Cc1ccc(C)cc1)C(=O)CN(c1ccc(F)c(Cl)c1)S(C)(=O)=O. The van der Waals surface area contributed by atoms with Crippen molar-refractivity contribution in [1.82, 2.24) is 10.2 Å². The molecule has 0 aliphatic carbocycles. The maximum Gasteiger partial charge on any atom is 0.244 e. The van der Waals surface area contributed by atoms with Gasteiger partial charge in [0.15, 0.2) is 0 Å². The number of rotatable bonds is 8. The summed E-state index contributed by atoms with van der Waals surface area (Å²) >= 11 is 5.79. The Hall–Kier alpha value is -2.65. The van der Waals surface area contributed by atoms with Crippen LogP contribution in [0.25, 0.3) is 0 Å². The number of sulfonamides is 1. The second-order valence-corrected chi connectivity index (χ2v) is 9.48. The number of likely N-dealkylation sites (N-methyl/N-ethyl adjacent to an activating group) is 1. The lowest BCUT2D eigenvalue weighted by molar-refractivity contribution is -0.139. The summed E-state index contributed by atoms with van der Waals surface area (Å²) in [7, 11) is -2.45. The zero-order chi connectivity index (χ0) is 23.3. The van der Waals surface area contributed by atoms with Crippen LogP contribution in [-0.2, 0) is 26.2 Å². The molecule has 31 heavy (non-hydrogen) atoms. The number of carbonyl (C=O) groups is 2. The van der Waals surface area contributed by atoms with E-state index in [9.17, 15) is 22.4 Å². The van der Waals surface area contributed by atoms with E-state index in [1.807, 2.05) is 31.2 Å². The first-order valence-corrected chi connectivity index (χ1v) is 11.7. The van der Waals surface area contributed by atoms with Gasteiger partial charge in [-0.2, -0.15) is 0 Å². The molecule has 7 nitrogen and oxygen atoms in total. The number of hydrogen-bond acceptors (Lipinski definition) is 4. The molecule has 0 fully saturated rings. The van der Waals surface area contributed by atoms with Crippen molar-refractivity contribution in [1.29, 1.82) is 0 Å². The Kier molecular flexibility index (Phi) is 8.02. The second kappa shape index (κ2) is 10.1. The molecule has 0 saturated heterocycles. The van der Waals surface area contributed by atoms with E-state index >= 15 is 0 Å². The Balaban J connectivity index is 2.39. The molecule has 0 heterocycles. The number of benzene rings is 2. The molecule has 0 radical (unpaired) electrons. The molecule has 1 atom stereocenters. The van der Waals surface area contributed by atoms with E-state index in [0.717, 1.165) is 33.8 Å². The zero-order valence-electron chi connectivity index (χ0n) is 17.7. The zero-order valence-corrected chi connectivity index (χ0v) is 19.3. The van der Waals surface area contributed by atoms with Crippen molar-refractivity contribution in [3.8, 4) is 0 Å². The van der Waals surface area contributed by atoms with Gasteiger partial charge in [-0.1, -0.05) is 41.4 Å². The van der Waals surface area contributed by atoms with Crippen molar-refractivity contribution >= 4 is 39.1 Å². The van der Waals surface area contributed by atoms with E-state index in [-0.39, 0.29) is 17.3 Å². The highest BCUT2D eigenvalue weighted by molar-refractivity contribution is 7.92. The van der Waals surface area contributed by atoms with Crippen molar-refractivity contribution < 1.29 is 22.4 Å². The molecule has 0 aliphatic heterocycles. The highest BCUT2D eigenvalue weighted by atomic mass is 35.5. The summed E-state index contributed by atoms with van der Waals surface area (Å²) in [5, 5.41) is 2.23. The molecule has 10 heteroatoms. The summed E-state index contributed by atoms with van der Waals surface area (Å²) in [6, 6.07) is 9.97. The summed E-state index contributed by atoms with van der Waals surface area (Å²) in [5.74, 6) is -1.70. The number of nitrogens with zero attached hydrogens (tertiary/aromatic N) is 2. The molecule has 168 valence electrons. The van der Waals surface area contributed by atoms with Crippen molar-refractivity contribution in [2.75, 3.05) is 24.2 Å². The number of halogens is 2. The maximum absolute atomic E-state index is 13.5. The minimum Gasteiger partial charge on any atom is -0.357 e. The van der Waals surface area contributed by atoms with Crippen molar-refractivity contribution in [2.45, 2.75) is 26.4 Å². The molecule has 2 aromatic carbocycles. The Labute approximate surface area is 186 Å². The highest BCUT2D eigenvalue weighted by Gasteiger charge is 2.29. The molecular formula is C21H25ClFN3O4S. The molecule has 0 aliphatic rings. The van der Waals surface area contributed by atoms with Crippen molar-refractivity contribution in [2.24, 2.45) is 0 Å². The van der Waals surface area contributed by atoms with E-state index < -0.39 is 40.2 Å². The van der Waals surface area contributed by atoms with Crippen LogP contribution in [0.5, 0.6) is 0 Å². The molecule has 0 aromatic heterocycles. The fourth-order valence-corrected chi connectivity index (χ4v) is 3.95. The van der Waals surface area contributed by atoms with Crippen LogP contribution in [0, 0.1) is 12.7 Å². The quantitative estimate of drug-likeness (QED) is 0.644. The Bertz CT molecular complexity index is 1060. The molecule has 1 N–H and O–H groups in total. The maximum atomic E-state index is 13.5. The van der Waals surface area contributed by atoms with Gasteiger partial charge >= 0.3 is 0 Å². The molecule has 0 bridgehead atoms. The summed E-state index contributed by atoms with van der Waals surface area (Å²) in [6.45, 7) is 3.02. The third-order valence-electron chi connectivity index (χ3n) is 4.76. The normalized spacial score (nSPS) is 12.2. The van der Waals surface area contributed by atoms with Crippen LogP contribution >= 0.6 is 11.6 Å². The Morgan fingerprint density at radius 3 is 2.29 bits per heavy atom. The predicted octanol–water partition coefficient (Wildman–Crippen LogP) is 2.72. The van der Waals surface area contributed by atoms with E-state index in [2.05, 4.69) is 5.32 Å². The van der Waals surface area contributed by atoms with E-state index in [1.165, 1.54) is 18.0 Å². The Morgan fingerprint density at radius 1 is 1.16 bits per heavy atom. The third kappa shape index (κ3) is 6.41. The average Bonchev–Trinajstić information content (AvgIpc) is 2.71. The number of carbonyl (C=O) groups excluding carboxylic acids is 2. The van der Waals surface area contributed by atoms with Crippen LogP contribution in [-0.4, -0.2) is 51.0 Å². The van der Waals surface area contributed by atoms with Gasteiger partial charge in [-0.05, 0) is 37.6 Å². The van der Waals surface area contributed by atoms with E-state index in [0.29, 0.717) is 0 Å². The summed E-state index contributed by atoms with van der Waals surface area (Å²) < 4.78 is 39.1. The Morgan fingerprint density at radius 2 is 1.77 bits per heavy atom. The third-order valence-corrected chi connectivity index (χ3v) is 6.19. The first-order chi connectivity index (χ1) is 14.4. The van der Waals surface area contributed by atoms with Crippen LogP contribution in [0.15, 0.2) is 42.5 Å². The molecular weight excluding hydrogens is 445 g/mol. The van der Waals surface area contributed by atoms with Crippen LogP contribution in [0.2, 0.25) is 5.02 Å². The van der Waals surface area contributed by atoms with Crippen molar-refractivity contribution in [3.63, 3.8) is 0 Å². The average molecular weight is 470 g/mol. The van der Waals surface area contributed by atoms with Gasteiger partial charge in [-0.25, -0.2) is 12.8 Å². The number of hydrogen-bond donors (Lipinski definition) is 1. The van der Waals surface area contributed by atoms with Gasteiger partial charge in [0, 0.05) is 13.6 Å². The smallest absolute Gasteiger partial charge is 0.244 e. The van der Waals surface area contributed by atoms with Gasteiger partial charge < -0.3 is 10.2 Å². The lowest BCUT2D eigenvalue weighted by Gasteiger charge is -2.31. The van der Waals surface area contributed by atoms with E-state index in [4.69, 9.17) is 11.6 Å². The predicted molar refractivity (Wildman–Crippen MR) is 119 cm³/mol. The first-order valence-electron chi connectivity index (χ1n) is 9.43. The number of aryl methyl sites for hydroxylation is 1. The largest absolute Gasteiger partial charge is 0.357 e. The highest BCUT2D eigenvalue weighted by Crippen LogP contribution is 2.25. The topological polar surface area (TPSA) is 86.8 Å². The van der Waals surface area contributed by atoms with Crippen LogP contribution in [0.4, 0.5) is 10.1 Å². The molecule has 1 unspecified atom stereocenters. The summed E-state index contributed by atoms with van der Waals surface area (Å²) in [5.41, 5.74) is 1.87. The molecule has 0 spiro atoms. The molecule has 0 saturated carbocycles. The minimum atomic E-state index is -3.90. The van der Waals surface area contributed by atoms with Crippen molar-refractivity contribution in [3.05, 3.63) is 64.4 Å². The van der Waals surface area contributed by atoms with Gasteiger partial charge in [0.05, 0.1) is 17.0 Å². The van der Waals surface area contributed by atoms with Gasteiger partial charge in [-0.15, -0.1) is 0 Å². The number of nitrogens with one attached hydrogen (secondary N) is 1. The van der Waals surface area contributed by atoms with Crippen LogP contribution in [0.1, 0.15) is 18.1 Å². The van der Waals surface area contributed by atoms with E-state index in [1.54, 1.807) is 6.92 Å². The number of amides is 2.